The van der Waals surface area contributed by atoms with Gasteiger partial charge in [-0.25, -0.2) is 9.97 Å². The Hall–Kier alpha value is -0.750. The summed E-state index contributed by atoms with van der Waals surface area (Å²) in [5, 5.41) is 0.535. The number of rotatable bonds is 3. The van der Waals surface area contributed by atoms with Crippen molar-refractivity contribution in [2.75, 3.05) is 0 Å². The molecule has 0 radical (unpaired) electrons. The highest BCUT2D eigenvalue weighted by atomic mass is 127. The molecule has 3 nitrogen and oxygen atoms in total. The fourth-order valence-corrected chi connectivity index (χ4v) is 2.69. The molecule has 0 aliphatic carbocycles. The van der Waals surface area contributed by atoms with Crippen molar-refractivity contribution >= 4 is 34.2 Å². The molecule has 5 heteroatoms. The fourth-order valence-electron chi connectivity index (χ4n) is 1.63. The summed E-state index contributed by atoms with van der Waals surface area (Å²) < 4.78 is 0.944. The van der Waals surface area contributed by atoms with Crippen LogP contribution < -0.4 is 0 Å². The van der Waals surface area contributed by atoms with Gasteiger partial charge in [0.05, 0.1) is 9.26 Å². The molecule has 0 unspecified atom stereocenters. The average Bonchev–Trinajstić information content (AvgIpc) is 2.34. The number of nitrogens with zero attached hydrogens (tertiary/aromatic N) is 3. The fraction of sp³-hybridized carbons (Fsp3) is 0.308. The summed E-state index contributed by atoms with van der Waals surface area (Å²) in [6, 6.07) is 3.92. The van der Waals surface area contributed by atoms with Crippen molar-refractivity contribution in [1.82, 2.24) is 15.0 Å². The standard InChI is InChI=1S/C13H13ClIN3/c1-8(2)12-11(15)13(14)18-10(17-12)6-9-4-3-5-16-7-9/h3-5,7-8H,6H2,1-2H3. The van der Waals surface area contributed by atoms with Crippen molar-refractivity contribution in [2.24, 2.45) is 0 Å². The van der Waals surface area contributed by atoms with Gasteiger partial charge in [0.2, 0.25) is 0 Å². The summed E-state index contributed by atoms with van der Waals surface area (Å²) >= 11 is 8.35. The molecular weight excluding hydrogens is 361 g/mol. The molecule has 2 rings (SSSR count). The predicted octanol–water partition coefficient (Wildman–Crippen LogP) is 3.84. The maximum atomic E-state index is 6.16. The zero-order valence-electron chi connectivity index (χ0n) is 10.2. The minimum atomic E-state index is 0.338. The van der Waals surface area contributed by atoms with Crippen molar-refractivity contribution in [1.29, 1.82) is 0 Å². The Balaban J connectivity index is 2.35. The van der Waals surface area contributed by atoms with Gasteiger partial charge in [0, 0.05) is 18.8 Å². The van der Waals surface area contributed by atoms with E-state index in [-0.39, 0.29) is 0 Å². The summed E-state index contributed by atoms with van der Waals surface area (Å²) in [6.07, 6.45) is 4.24. The molecule has 0 amide bonds. The molecular formula is C13H13ClIN3. The molecule has 0 N–H and O–H groups in total. The van der Waals surface area contributed by atoms with Gasteiger partial charge in [-0.1, -0.05) is 31.5 Å². The van der Waals surface area contributed by atoms with Crippen LogP contribution in [0.15, 0.2) is 24.5 Å². The lowest BCUT2D eigenvalue weighted by atomic mass is 10.1. The molecule has 0 aliphatic heterocycles. The van der Waals surface area contributed by atoms with Crippen LogP contribution in [0.3, 0.4) is 0 Å². The van der Waals surface area contributed by atoms with Crippen LogP contribution in [0.25, 0.3) is 0 Å². The van der Waals surface area contributed by atoms with Gasteiger partial charge in [0.25, 0.3) is 0 Å². The monoisotopic (exact) mass is 373 g/mol. The van der Waals surface area contributed by atoms with E-state index in [0.29, 0.717) is 17.5 Å². The number of halogens is 2. The van der Waals surface area contributed by atoms with Gasteiger partial charge in [-0.3, -0.25) is 4.98 Å². The molecule has 18 heavy (non-hydrogen) atoms. The van der Waals surface area contributed by atoms with Gasteiger partial charge < -0.3 is 0 Å². The molecule has 0 bridgehead atoms. The lowest BCUT2D eigenvalue weighted by Gasteiger charge is -2.10. The van der Waals surface area contributed by atoms with Gasteiger partial charge in [-0.05, 0) is 40.1 Å². The average molecular weight is 374 g/mol. The summed E-state index contributed by atoms with van der Waals surface area (Å²) in [5.41, 5.74) is 2.10. The number of pyridine rings is 1. The smallest absolute Gasteiger partial charge is 0.146 e. The maximum absolute atomic E-state index is 6.16. The Kier molecular flexibility index (Phi) is 4.50. The minimum Gasteiger partial charge on any atom is -0.264 e. The molecule has 0 aromatic carbocycles. The van der Waals surface area contributed by atoms with Crippen LogP contribution in [0.2, 0.25) is 5.15 Å². The van der Waals surface area contributed by atoms with Gasteiger partial charge >= 0.3 is 0 Å². The molecule has 0 atom stereocenters. The van der Waals surface area contributed by atoms with Gasteiger partial charge in [-0.15, -0.1) is 0 Å². The van der Waals surface area contributed by atoms with Crippen LogP contribution in [0.1, 0.15) is 36.8 Å². The van der Waals surface area contributed by atoms with Crippen molar-refractivity contribution in [3.05, 3.63) is 50.3 Å². The van der Waals surface area contributed by atoms with E-state index in [4.69, 9.17) is 11.6 Å². The van der Waals surface area contributed by atoms with Crippen LogP contribution in [-0.4, -0.2) is 15.0 Å². The molecule has 0 saturated heterocycles. The Morgan fingerprint density at radius 3 is 2.72 bits per heavy atom. The first-order chi connectivity index (χ1) is 8.58. The third-order valence-electron chi connectivity index (χ3n) is 2.51. The highest BCUT2D eigenvalue weighted by molar-refractivity contribution is 14.1. The number of hydrogen-bond acceptors (Lipinski definition) is 3. The quantitative estimate of drug-likeness (QED) is 0.606. The number of aromatic nitrogens is 3. The Morgan fingerprint density at radius 1 is 1.33 bits per heavy atom. The third kappa shape index (κ3) is 3.17. The first kappa shape index (κ1) is 13.7. The van der Waals surface area contributed by atoms with E-state index in [0.717, 1.165) is 20.7 Å². The normalized spacial score (nSPS) is 10.9. The Labute approximate surface area is 125 Å². The van der Waals surface area contributed by atoms with E-state index in [1.54, 1.807) is 6.20 Å². The zero-order chi connectivity index (χ0) is 13.1. The van der Waals surface area contributed by atoms with E-state index in [1.165, 1.54) is 0 Å². The van der Waals surface area contributed by atoms with Gasteiger partial charge in [0.1, 0.15) is 11.0 Å². The van der Waals surface area contributed by atoms with Crippen molar-refractivity contribution < 1.29 is 0 Å². The molecule has 0 aliphatic rings. The highest BCUT2D eigenvalue weighted by Crippen LogP contribution is 2.25. The zero-order valence-corrected chi connectivity index (χ0v) is 13.1. The second-order valence-electron chi connectivity index (χ2n) is 4.32. The summed E-state index contributed by atoms with van der Waals surface area (Å²) in [5.74, 6) is 1.09. The SMILES string of the molecule is CC(C)c1nc(Cc2cccnc2)nc(Cl)c1I. The maximum Gasteiger partial charge on any atom is 0.146 e. The van der Waals surface area contributed by atoms with Gasteiger partial charge in [0.15, 0.2) is 0 Å². The molecule has 94 valence electrons. The van der Waals surface area contributed by atoms with E-state index in [2.05, 4.69) is 51.4 Å². The highest BCUT2D eigenvalue weighted by Gasteiger charge is 2.13. The molecule has 0 fully saturated rings. The lowest BCUT2D eigenvalue weighted by molar-refractivity contribution is 0.782. The van der Waals surface area contributed by atoms with Gasteiger partial charge in [-0.2, -0.15) is 0 Å². The van der Waals surface area contributed by atoms with E-state index < -0.39 is 0 Å². The van der Waals surface area contributed by atoms with Crippen molar-refractivity contribution in [3.63, 3.8) is 0 Å². The van der Waals surface area contributed by atoms with E-state index in [9.17, 15) is 0 Å². The second-order valence-corrected chi connectivity index (χ2v) is 5.76. The minimum absolute atomic E-state index is 0.338. The van der Waals surface area contributed by atoms with Crippen molar-refractivity contribution in [3.8, 4) is 0 Å². The van der Waals surface area contributed by atoms with Crippen LogP contribution in [0, 0.1) is 3.57 Å². The summed E-state index contributed by atoms with van der Waals surface area (Å²) in [7, 11) is 0. The van der Waals surface area contributed by atoms with E-state index >= 15 is 0 Å². The molecule has 2 aromatic heterocycles. The first-order valence-electron chi connectivity index (χ1n) is 5.68. The lowest BCUT2D eigenvalue weighted by Crippen LogP contribution is -2.06. The summed E-state index contributed by atoms with van der Waals surface area (Å²) in [6.45, 7) is 4.21. The van der Waals surface area contributed by atoms with Crippen LogP contribution >= 0.6 is 34.2 Å². The van der Waals surface area contributed by atoms with E-state index in [1.807, 2.05) is 18.3 Å². The topological polar surface area (TPSA) is 38.7 Å². The number of hydrogen-bond donors (Lipinski definition) is 0. The second kappa shape index (κ2) is 5.93. The summed E-state index contributed by atoms with van der Waals surface area (Å²) in [4.78, 5) is 13.0. The molecule has 2 heterocycles. The van der Waals surface area contributed by atoms with Crippen LogP contribution in [0.5, 0.6) is 0 Å². The molecule has 0 spiro atoms. The first-order valence-corrected chi connectivity index (χ1v) is 7.14. The Bertz CT molecular complexity index is 543. The Morgan fingerprint density at radius 2 is 2.11 bits per heavy atom. The third-order valence-corrected chi connectivity index (χ3v) is 4.17. The molecule has 2 aromatic rings. The largest absolute Gasteiger partial charge is 0.264 e. The van der Waals surface area contributed by atoms with Crippen LogP contribution in [0.4, 0.5) is 0 Å². The molecule has 0 saturated carbocycles. The predicted molar refractivity (Wildman–Crippen MR) is 80.9 cm³/mol. The van der Waals surface area contributed by atoms with Crippen LogP contribution in [-0.2, 0) is 6.42 Å². The van der Waals surface area contributed by atoms with Crippen molar-refractivity contribution in [2.45, 2.75) is 26.2 Å².